The molecule has 2 aliphatic carbocycles. The van der Waals surface area contributed by atoms with Crippen molar-refractivity contribution >= 4 is 74.3 Å². The Balaban J connectivity index is 0.000000194. The molecule has 1 N–H and O–H groups in total. The van der Waals surface area contributed by atoms with Gasteiger partial charge in [-0.3, -0.25) is 8.99 Å². The zero-order valence-electron chi connectivity index (χ0n) is 38.0. The van der Waals surface area contributed by atoms with Gasteiger partial charge in [0.2, 0.25) is 0 Å². The van der Waals surface area contributed by atoms with Crippen LogP contribution in [0, 0.1) is 30.5 Å². The molecular weight excluding hydrogens is 903 g/mol. The molecule has 0 aliphatic heterocycles. The van der Waals surface area contributed by atoms with Crippen molar-refractivity contribution in [2.75, 3.05) is 46.9 Å². The molecule has 0 bridgehead atoms. The summed E-state index contributed by atoms with van der Waals surface area (Å²) in [5.74, 6) is 4.71. The van der Waals surface area contributed by atoms with Crippen LogP contribution < -0.4 is 9.80 Å². The summed E-state index contributed by atoms with van der Waals surface area (Å²) in [6, 6.07) is 17.7. The predicted molar refractivity (Wildman–Crippen MR) is 261 cm³/mol. The average molecular weight is 964 g/mol. The van der Waals surface area contributed by atoms with E-state index in [4.69, 9.17) is 4.78 Å². The number of hydrogen-bond donors (Lipinski definition) is 1. The van der Waals surface area contributed by atoms with E-state index < -0.39 is 40.6 Å². The Labute approximate surface area is 386 Å². The van der Waals surface area contributed by atoms with E-state index in [9.17, 15) is 25.3 Å². The zero-order valence-corrected chi connectivity index (χ0v) is 41.3. The van der Waals surface area contributed by atoms with Crippen molar-refractivity contribution in [2.24, 2.45) is 11.8 Å². The molecular formula is C46H61N9O6S4. The van der Waals surface area contributed by atoms with Crippen molar-refractivity contribution in [3.05, 3.63) is 96.8 Å². The number of fused-ring (bicyclic) bond motifs is 2. The molecule has 2 saturated carbocycles. The van der Waals surface area contributed by atoms with E-state index in [2.05, 4.69) is 29.7 Å². The molecule has 2 atom stereocenters. The number of anilines is 2. The molecule has 0 amide bonds. The van der Waals surface area contributed by atoms with Crippen molar-refractivity contribution in [2.45, 2.75) is 101 Å². The van der Waals surface area contributed by atoms with Crippen LogP contribution in [0.3, 0.4) is 0 Å². The second-order valence-corrected chi connectivity index (χ2v) is 25.4. The summed E-state index contributed by atoms with van der Waals surface area (Å²) in [6.45, 7) is 7.63. The molecule has 8 rings (SSSR count). The lowest BCUT2D eigenvalue weighted by Crippen LogP contribution is -2.37. The van der Waals surface area contributed by atoms with Gasteiger partial charge in [0.1, 0.15) is 24.3 Å². The molecule has 65 heavy (non-hydrogen) atoms. The molecule has 0 radical (unpaired) electrons. The van der Waals surface area contributed by atoms with Crippen LogP contribution in [0.5, 0.6) is 0 Å². The first-order valence-electron chi connectivity index (χ1n) is 22.3. The summed E-state index contributed by atoms with van der Waals surface area (Å²) in [4.78, 5) is 22.3. The van der Waals surface area contributed by atoms with Crippen LogP contribution in [0.25, 0.3) is 22.1 Å². The maximum absolute atomic E-state index is 13.2. The molecule has 2 aromatic carbocycles. The number of benzene rings is 2. The van der Waals surface area contributed by atoms with Crippen molar-refractivity contribution in [1.29, 1.82) is 4.78 Å². The Kier molecular flexibility index (Phi) is 14.9. The quantitative estimate of drug-likeness (QED) is 0.112. The Morgan fingerprint density at radius 1 is 0.615 bits per heavy atom. The largest absolute Gasteiger partial charge is 0.356 e. The van der Waals surface area contributed by atoms with Crippen LogP contribution >= 0.6 is 0 Å². The maximum atomic E-state index is 13.2. The van der Waals surface area contributed by atoms with E-state index in [0.717, 1.165) is 85.2 Å². The van der Waals surface area contributed by atoms with Crippen molar-refractivity contribution in [3.8, 4) is 0 Å². The Hall–Kier alpha value is -4.72. The van der Waals surface area contributed by atoms with E-state index in [0.29, 0.717) is 51.9 Å². The van der Waals surface area contributed by atoms with E-state index >= 15 is 0 Å². The van der Waals surface area contributed by atoms with Crippen LogP contribution in [0.1, 0.15) is 76.3 Å². The van der Waals surface area contributed by atoms with Crippen LogP contribution in [0.15, 0.2) is 95.5 Å². The Morgan fingerprint density at radius 3 is 1.40 bits per heavy atom. The first-order chi connectivity index (χ1) is 30.9. The third-order valence-corrected chi connectivity index (χ3v) is 19.9. The van der Waals surface area contributed by atoms with Gasteiger partial charge in [0, 0.05) is 82.1 Å². The highest BCUT2D eigenvalue weighted by Gasteiger charge is 2.30. The van der Waals surface area contributed by atoms with Gasteiger partial charge in [-0.1, -0.05) is 49.2 Å². The predicted octanol–water partition coefficient (Wildman–Crippen LogP) is 7.78. The molecule has 2 unspecified atom stereocenters. The molecule has 19 heteroatoms. The lowest BCUT2D eigenvalue weighted by Gasteiger charge is -2.35. The number of nitrogens with zero attached hydrogens (tertiary/aromatic N) is 8. The number of nitrogens with one attached hydrogen (secondary N) is 1. The third kappa shape index (κ3) is 10.6. The van der Waals surface area contributed by atoms with E-state index in [-0.39, 0.29) is 15.8 Å². The Bertz CT molecular complexity index is 2960. The molecule has 2 fully saturated rings. The first kappa shape index (κ1) is 48.2. The monoisotopic (exact) mass is 963 g/mol. The van der Waals surface area contributed by atoms with Gasteiger partial charge in [-0.2, -0.15) is 0 Å². The van der Waals surface area contributed by atoms with E-state index in [1.807, 2.05) is 41.8 Å². The van der Waals surface area contributed by atoms with Crippen LogP contribution in [0.2, 0.25) is 0 Å². The number of rotatable bonds is 14. The SMILES string of the molecule is CCS(=N)(=O)CC1CCC(N(C)c2ncnc3c2ccn3S(=O)(=O)c2ccc(C)cc2)CC1.CCS(=O)CC1CCC(N(C)c2ncnc3c2ccn3S(=O)(=O)c2ccc(C)cc2)CC1. The van der Waals surface area contributed by atoms with Gasteiger partial charge in [0.25, 0.3) is 20.0 Å². The highest BCUT2D eigenvalue weighted by atomic mass is 32.2. The summed E-state index contributed by atoms with van der Waals surface area (Å²) in [7, 11) is -6.70. The number of hydrogen-bond acceptors (Lipinski definition) is 13. The zero-order chi connectivity index (χ0) is 46.7. The standard InChI is InChI=1S/C23H31N5O3S2.C23H30N4O3S2/c1-4-32(24,29)15-18-7-9-19(10-8-18)27(3)22-21-13-14-28(23(21)26-16-25-22)33(30,31)20-11-5-17(2)6-12-20;1-4-31(28)15-18-7-9-19(10-8-18)26(3)22-21-13-14-27(23(21)25-16-24-22)32(29,30)20-11-5-17(2)6-12-20/h5-6,11-14,16,18-19,24H,4,7-10,15H2,1-3H3;5-6,11-14,16,18-19H,4,7-10,15H2,1-3H3. The van der Waals surface area contributed by atoms with Gasteiger partial charge in [-0.05, 0) is 113 Å². The molecule has 2 aliphatic rings. The minimum absolute atomic E-state index is 0.218. The molecule has 15 nitrogen and oxygen atoms in total. The van der Waals surface area contributed by atoms with Gasteiger partial charge in [0.05, 0.1) is 20.6 Å². The van der Waals surface area contributed by atoms with Crippen molar-refractivity contribution in [3.63, 3.8) is 0 Å². The van der Waals surface area contributed by atoms with Crippen LogP contribution in [-0.2, 0) is 40.6 Å². The maximum Gasteiger partial charge on any atom is 0.269 e. The summed E-state index contributed by atoms with van der Waals surface area (Å²) < 4.78 is 87.4. The molecule has 4 heterocycles. The fraction of sp³-hybridized carbons (Fsp3) is 0.478. The van der Waals surface area contributed by atoms with Gasteiger partial charge in [-0.15, -0.1) is 0 Å². The molecule has 6 aromatic rings. The molecule has 0 saturated heterocycles. The first-order valence-corrected chi connectivity index (χ1v) is 28.5. The minimum atomic E-state index is -3.77. The smallest absolute Gasteiger partial charge is 0.269 e. The molecule has 0 spiro atoms. The highest BCUT2D eigenvalue weighted by molar-refractivity contribution is 7.92. The third-order valence-electron chi connectivity index (χ3n) is 13.1. The highest BCUT2D eigenvalue weighted by Crippen LogP contribution is 2.35. The van der Waals surface area contributed by atoms with Gasteiger partial charge in [0.15, 0.2) is 11.3 Å². The lowest BCUT2D eigenvalue weighted by molar-refractivity contribution is 0.342. The topological polar surface area (TPSA) is 194 Å². The Morgan fingerprint density at radius 2 is 1.02 bits per heavy atom. The fourth-order valence-electron chi connectivity index (χ4n) is 9.05. The summed E-state index contributed by atoms with van der Waals surface area (Å²) in [5, 5.41) is 1.41. The molecule has 350 valence electrons. The molecule has 4 aromatic heterocycles. The van der Waals surface area contributed by atoms with Gasteiger partial charge >= 0.3 is 0 Å². The average Bonchev–Trinajstić information content (AvgIpc) is 3.96. The van der Waals surface area contributed by atoms with Gasteiger partial charge in [-0.25, -0.2) is 48.9 Å². The second kappa shape index (κ2) is 20.0. The van der Waals surface area contributed by atoms with Gasteiger partial charge < -0.3 is 9.80 Å². The number of aryl methyl sites for hydroxylation is 2. The fourth-order valence-corrected chi connectivity index (χ4v) is 14.1. The van der Waals surface area contributed by atoms with E-state index in [1.54, 1.807) is 73.1 Å². The minimum Gasteiger partial charge on any atom is -0.356 e. The normalized spacial score (nSPS) is 20.7. The summed E-state index contributed by atoms with van der Waals surface area (Å²) in [5.41, 5.74) is 2.74. The van der Waals surface area contributed by atoms with Crippen LogP contribution in [-0.4, -0.2) is 102 Å². The van der Waals surface area contributed by atoms with Crippen LogP contribution in [0.4, 0.5) is 11.6 Å². The number of aromatic nitrogens is 6. The van der Waals surface area contributed by atoms with Crippen molar-refractivity contribution in [1.82, 2.24) is 27.9 Å². The second-order valence-electron chi connectivity index (χ2n) is 17.5. The lowest BCUT2D eigenvalue weighted by atomic mass is 9.86. The summed E-state index contributed by atoms with van der Waals surface area (Å²) >= 11 is 0. The van der Waals surface area contributed by atoms with Crippen molar-refractivity contribution < 1.29 is 25.3 Å². The van der Waals surface area contributed by atoms with E-state index in [1.165, 1.54) is 20.6 Å². The summed E-state index contributed by atoms with van der Waals surface area (Å²) in [6.07, 6.45) is 13.8.